The van der Waals surface area contributed by atoms with Gasteiger partial charge < -0.3 is 15.5 Å². The van der Waals surface area contributed by atoms with Gasteiger partial charge in [0.2, 0.25) is 5.91 Å². The number of rotatable bonds is 4. The molecule has 2 aromatic carbocycles. The first-order valence-electron chi connectivity index (χ1n) is 9.30. The van der Waals surface area contributed by atoms with Gasteiger partial charge in [0.25, 0.3) is 0 Å². The molecule has 1 aliphatic heterocycles. The zero-order valence-corrected chi connectivity index (χ0v) is 16.7. The van der Waals surface area contributed by atoms with E-state index < -0.39 is 11.2 Å². The van der Waals surface area contributed by atoms with Crippen LogP contribution in [0.4, 0.5) is 19.3 Å². The number of anilines is 1. The van der Waals surface area contributed by atoms with Gasteiger partial charge in [0.1, 0.15) is 11.6 Å². The molecule has 154 valence electrons. The van der Waals surface area contributed by atoms with Crippen LogP contribution in [-0.2, 0) is 11.3 Å². The van der Waals surface area contributed by atoms with Crippen molar-refractivity contribution in [3.05, 3.63) is 64.7 Å². The average molecular weight is 422 g/mol. The summed E-state index contributed by atoms with van der Waals surface area (Å²) in [5.74, 6) is -1.05. The Balaban J connectivity index is 1.60. The lowest BCUT2D eigenvalue weighted by molar-refractivity contribution is -0.132. The molecule has 2 aromatic rings. The van der Waals surface area contributed by atoms with Crippen LogP contribution in [0.25, 0.3) is 0 Å². The van der Waals surface area contributed by atoms with E-state index in [9.17, 15) is 18.4 Å². The molecule has 1 saturated heterocycles. The normalized spacial score (nSPS) is 19.0. The van der Waals surface area contributed by atoms with Gasteiger partial charge in [-0.3, -0.25) is 4.79 Å². The molecular weight excluding hydrogens is 400 g/mol. The quantitative estimate of drug-likeness (QED) is 0.759. The van der Waals surface area contributed by atoms with Gasteiger partial charge in [-0.05, 0) is 55.7 Å². The number of carbonyl (C=O) groups is 2. The first-order chi connectivity index (χ1) is 13.8. The Morgan fingerprint density at radius 1 is 1.17 bits per heavy atom. The lowest BCUT2D eigenvalue weighted by Crippen LogP contribution is -2.52. The largest absolute Gasteiger partial charge is 0.351 e. The minimum Gasteiger partial charge on any atom is -0.351 e. The van der Waals surface area contributed by atoms with Crippen molar-refractivity contribution in [3.8, 4) is 0 Å². The highest BCUT2D eigenvalue weighted by molar-refractivity contribution is 6.31. The molecule has 3 amide bonds. The van der Waals surface area contributed by atoms with Crippen LogP contribution >= 0.6 is 11.6 Å². The van der Waals surface area contributed by atoms with Crippen LogP contribution in [0.2, 0.25) is 5.02 Å². The summed E-state index contributed by atoms with van der Waals surface area (Å²) >= 11 is 5.75. The molecule has 1 unspecified atom stereocenters. The molecule has 5 nitrogen and oxygen atoms in total. The Labute approximate surface area is 173 Å². The number of carbonyl (C=O) groups excluding carboxylic acids is 2. The fraction of sp³-hybridized carbons (Fsp3) is 0.333. The summed E-state index contributed by atoms with van der Waals surface area (Å²) in [6, 6.07) is 9.50. The first-order valence-corrected chi connectivity index (χ1v) is 9.68. The fourth-order valence-corrected chi connectivity index (χ4v) is 3.55. The summed E-state index contributed by atoms with van der Waals surface area (Å²) in [7, 11) is 0. The third-order valence-corrected chi connectivity index (χ3v) is 5.36. The highest BCUT2D eigenvalue weighted by Crippen LogP contribution is 2.30. The van der Waals surface area contributed by atoms with Crippen LogP contribution < -0.4 is 10.6 Å². The minimum atomic E-state index is -0.740. The third kappa shape index (κ3) is 5.23. The lowest BCUT2D eigenvalue weighted by atomic mass is 9.81. The van der Waals surface area contributed by atoms with Gasteiger partial charge >= 0.3 is 6.03 Å². The SMILES string of the molecule is CC1(C(=O)NCc2ccc(F)cc2)CCCN(C(=O)Nc2ccc(F)c(Cl)c2)C1. The summed E-state index contributed by atoms with van der Waals surface area (Å²) in [6.45, 7) is 2.88. The lowest BCUT2D eigenvalue weighted by Gasteiger charge is -2.39. The van der Waals surface area contributed by atoms with E-state index in [0.717, 1.165) is 5.56 Å². The second kappa shape index (κ2) is 8.78. The second-order valence-corrected chi connectivity index (χ2v) is 7.86. The van der Waals surface area contributed by atoms with E-state index in [0.29, 0.717) is 25.1 Å². The number of hydrogen-bond donors (Lipinski definition) is 2. The molecule has 8 heteroatoms. The third-order valence-electron chi connectivity index (χ3n) is 5.07. The van der Waals surface area contributed by atoms with Crippen LogP contribution in [-0.4, -0.2) is 29.9 Å². The molecule has 0 saturated carbocycles. The minimum absolute atomic E-state index is 0.0774. The number of halogens is 3. The highest BCUT2D eigenvalue weighted by Gasteiger charge is 2.39. The number of hydrogen-bond acceptors (Lipinski definition) is 2. The zero-order chi connectivity index (χ0) is 21.0. The Bertz CT molecular complexity index is 907. The van der Waals surface area contributed by atoms with Crippen molar-refractivity contribution in [2.75, 3.05) is 18.4 Å². The van der Waals surface area contributed by atoms with Gasteiger partial charge in [0.15, 0.2) is 0 Å². The number of likely N-dealkylation sites (tertiary alicyclic amines) is 1. The van der Waals surface area contributed by atoms with Crippen molar-refractivity contribution in [2.24, 2.45) is 5.41 Å². The monoisotopic (exact) mass is 421 g/mol. The molecule has 2 N–H and O–H groups in total. The standard InChI is InChI=1S/C21H22ClF2N3O2/c1-21(19(28)25-12-14-3-5-15(23)6-4-14)9-2-10-27(13-21)20(29)26-16-7-8-18(24)17(22)11-16/h3-8,11H,2,9-10,12-13H2,1H3,(H,25,28)(H,26,29). The van der Waals surface area contributed by atoms with Gasteiger partial charge in [0.05, 0.1) is 10.4 Å². The topological polar surface area (TPSA) is 61.4 Å². The number of urea groups is 1. The van der Waals surface area contributed by atoms with Crippen LogP contribution in [0.15, 0.2) is 42.5 Å². The molecular formula is C21H22ClF2N3O2. The molecule has 0 bridgehead atoms. The Kier molecular flexibility index (Phi) is 6.37. The van der Waals surface area contributed by atoms with Crippen LogP contribution in [0.1, 0.15) is 25.3 Å². The molecule has 0 spiro atoms. The summed E-state index contributed by atoms with van der Waals surface area (Å²) in [6.07, 6.45) is 1.33. The van der Waals surface area contributed by atoms with Crippen molar-refractivity contribution in [1.82, 2.24) is 10.2 Å². The van der Waals surface area contributed by atoms with E-state index in [-0.39, 0.29) is 35.9 Å². The smallest absolute Gasteiger partial charge is 0.321 e. The van der Waals surface area contributed by atoms with Crippen molar-refractivity contribution in [2.45, 2.75) is 26.3 Å². The molecule has 0 radical (unpaired) electrons. The summed E-state index contributed by atoms with van der Waals surface area (Å²) in [4.78, 5) is 26.9. The van der Waals surface area contributed by atoms with E-state index in [1.54, 1.807) is 17.0 Å². The Morgan fingerprint density at radius 3 is 2.59 bits per heavy atom. The zero-order valence-electron chi connectivity index (χ0n) is 16.0. The summed E-state index contributed by atoms with van der Waals surface area (Å²) in [5.41, 5.74) is 0.437. The number of benzene rings is 2. The van der Waals surface area contributed by atoms with Crippen LogP contribution in [0.3, 0.4) is 0 Å². The first kappa shape index (κ1) is 21.0. The predicted molar refractivity (Wildman–Crippen MR) is 108 cm³/mol. The Morgan fingerprint density at radius 2 is 1.90 bits per heavy atom. The summed E-state index contributed by atoms with van der Waals surface area (Å²) < 4.78 is 26.3. The van der Waals surface area contributed by atoms with Crippen molar-refractivity contribution in [3.63, 3.8) is 0 Å². The number of nitrogens with one attached hydrogen (secondary N) is 2. The van der Waals surface area contributed by atoms with Crippen molar-refractivity contribution < 1.29 is 18.4 Å². The number of piperidine rings is 1. The van der Waals surface area contributed by atoms with Gasteiger partial charge in [-0.1, -0.05) is 23.7 Å². The van der Waals surface area contributed by atoms with Crippen LogP contribution in [0.5, 0.6) is 0 Å². The van der Waals surface area contributed by atoms with Crippen LogP contribution in [0, 0.1) is 17.0 Å². The van der Waals surface area contributed by atoms with Crippen molar-refractivity contribution in [1.29, 1.82) is 0 Å². The fourth-order valence-electron chi connectivity index (χ4n) is 3.37. The van der Waals surface area contributed by atoms with E-state index in [1.165, 1.54) is 30.3 Å². The van der Waals surface area contributed by atoms with Gasteiger partial charge in [-0.2, -0.15) is 0 Å². The maximum absolute atomic E-state index is 13.3. The molecule has 29 heavy (non-hydrogen) atoms. The predicted octanol–water partition coefficient (Wildman–Crippen LogP) is 4.57. The maximum atomic E-state index is 13.3. The Hall–Kier alpha value is -2.67. The van der Waals surface area contributed by atoms with E-state index >= 15 is 0 Å². The highest BCUT2D eigenvalue weighted by atomic mass is 35.5. The van der Waals surface area contributed by atoms with E-state index in [1.807, 2.05) is 6.92 Å². The number of nitrogens with zero attached hydrogens (tertiary/aromatic N) is 1. The summed E-state index contributed by atoms with van der Waals surface area (Å²) in [5, 5.41) is 5.48. The molecule has 3 rings (SSSR count). The average Bonchev–Trinajstić information content (AvgIpc) is 2.70. The van der Waals surface area contributed by atoms with E-state index in [4.69, 9.17) is 11.6 Å². The molecule has 1 aliphatic rings. The molecule has 0 aromatic heterocycles. The molecule has 1 fully saturated rings. The van der Waals surface area contributed by atoms with Gasteiger partial charge in [-0.25, -0.2) is 13.6 Å². The molecule has 1 atom stereocenters. The van der Waals surface area contributed by atoms with Crippen molar-refractivity contribution >= 4 is 29.2 Å². The van der Waals surface area contributed by atoms with E-state index in [2.05, 4.69) is 10.6 Å². The maximum Gasteiger partial charge on any atom is 0.321 e. The number of amides is 3. The van der Waals surface area contributed by atoms with Gasteiger partial charge in [-0.15, -0.1) is 0 Å². The molecule has 0 aliphatic carbocycles. The second-order valence-electron chi connectivity index (χ2n) is 7.45. The molecule has 1 heterocycles. The van der Waals surface area contributed by atoms with Gasteiger partial charge in [0, 0.05) is 25.3 Å².